The highest BCUT2D eigenvalue weighted by Gasteiger charge is 2.19. The van der Waals surface area contributed by atoms with Gasteiger partial charge in [-0.15, -0.1) is 12.4 Å². The second-order valence-corrected chi connectivity index (χ2v) is 7.03. The van der Waals surface area contributed by atoms with Gasteiger partial charge in [-0.25, -0.2) is 12.7 Å². The van der Waals surface area contributed by atoms with Crippen LogP contribution in [0.3, 0.4) is 0 Å². The Morgan fingerprint density at radius 2 is 1.86 bits per heavy atom. The Labute approximate surface area is 132 Å². The number of carbonyl (C=O) groups is 1. The number of nitrogens with one attached hydrogen (secondary N) is 1. The maximum atomic E-state index is 12.1. The maximum absolute atomic E-state index is 12.1. The minimum absolute atomic E-state index is 0. The first-order valence-electron chi connectivity index (χ1n) is 6.24. The summed E-state index contributed by atoms with van der Waals surface area (Å²) >= 11 is 0. The molecule has 0 fully saturated rings. The van der Waals surface area contributed by atoms with E-state index in [1.54, 1.807) is 32.0 Å². The summed E-state index contributed by atoms with van der Waals surface area (Å²) in [7, 11) is -0.531. The average molecular weight is 336 g/mol. The Bertz CT molecular complexity index is 588. The van der Waals surface area contributed by atoms with Crippen LogP contribution in [0.5, 0.6) is 0 Å². The lowest BCUT2D eigenvalue weighted by molar-refractivity contribution is -0.122. The third-order valence-electron chi connectivity index (χ3n) is 2.91. The minimum Gasteiger partial charge on any atom is -0.348 e. The molecule has 0 spiro atoms. The Kier molecular flexibility index (Phi) is 7.32. The molecule has 120 valence electrons. The molecule has 0 aliphatic heterocycles. The van der Waals surface area contributed by atoms with Gasteiger partial charge in [0.2, 0.25) is 15.9 Å². The highest BCUT2D eigenvalue weighted by atomic mass is 35.5. The van der Waals surface area contributed by atoms with Crippen molar-refractivity contribution in [2.24, 2.45) is 5.73 Å². The van der Waals surface area contributed by atoms with E-state index in [0.717, 1.165) is 4.31 Å². The van der Waals surface area contributed by atoms with Crippen LogP contribution < -0.4 is 11.1 Å². The van der Waals surface area contributed by atoms with Crippen molar-refractivity contribution < 1.29 is 13.2 Å². The molecule has 21 heavy (non-hydrogen) atoms. The largest absolute Gasteiger partial charge is 0.348 e. The summed E-state index contributed by atoms with van der Waals surface area (Å²) in [6.45, 7) is 3.37. The van der Waals surface area contributed by atoms with Crippen LogP contribution in [0.2, 0.25) is 0 Å². The molecule has 1 rings (SSSR count). The lowest BCUT2D eigenvalue weighted by atomic mass is 10.1. The second-order valence-electron chi connectivity index (χ2n) is 4.88. The predicted octanol–water partition coefficient (Wildman–Crippen LogP) is 0.883. The molecule has 6 nitrogen and oxygen atoms in total. The van der Waals surface area contributed by atoms with Gasteiger partial charge < -0.3 is 11.1 Å². The number of nitrogens with zero attached hydrogens (tertiary/aromatic N) is 1. The van der Waals surface area contributed by atoms with Crippen molar-refractivity contribution in [1.82, 2.24) is 9.62 Å². The van der Waals surface area contributed by atoms with Gasteiger partial charge in [-0.3, -0.25) is 4.79 Å². The Balaban J connectivity index is 0.00000400. The van der Waals surface area contributed by atoms with E-state index in [1.807, 2.05) is 0 Å². The van der Waals surface area contributed by atoms with Crippen molar-refractivity contribution >= 4 is 28.3 Å². The number of amides is 1. The third-order valence-corrected chi connectivity index (χ3v) is 4.72. The standard InChI is InChI=1S/C13H21N3O3S.ClH/c1-9(14)13(17)15-10(2)11-6-5-7-12(8-11)20(18,19)16(3)4;/h5-10H,14H2,1-4H3,(H,15,17);1H/t9-,10?;/m1./s1. The van der Waals surface area contributed by atoms with E-state index < -0.39 is 16.1 Å². The van der Waals surface area contributed by atoms with Crippen molar-refractivity contribution in [3.05, 3.63) is 29.8 Å². The molecular weight excluding hydrogens is 314 g/mol. The van der Waals surface area contributed by atoms with Crippen LogP contribution in [0.15, 0.2) is 29.2 Å². The number of nitrogens with two attached hydrogens (primary N) is 1. The molecular formula is C13H22ClN3O3S. The zero-order valence-corrected chi connectivity index (χ0v) is 14.2. The van der Waals surface area contributed by atoms with E-state index in [4.69, 9.17) is 5.73 Å². The summed E-state index contributed by atoms with van der Waals surface area (Å²) in [6.07, 6.45) is 0. The van der Waals surface area contributed by atoms with Crippen LogP contribution in [0.4, 0.5) is 0 Å². The van der Waals surface area contributed by atoms with E-state index in [2.05, 4.69) is 5.32 Å². The van der Waals surface area contributed by atoms with Gasteiger partial charge in [-0.05, 0) is 31.5 Å². The SMILES string of the molecule is CC(NC(=O)[C@@H](C)N)c1cccc(S(=O)(=O)N(C)C)c1.Cl. The van der Waals surface area contributed by atoms with Crippen LogP contribution in [0, 0.1) is 0 Å². The number of hydrogen-bond donors (Lipinski definition) is 2. The average Bonchev–Trinajstić information content (AvgIpc) is 2.38. The van der Waals surface area contributed by atoms with Gasteiger partial charge in [0.05, 0.1) is 17.0 Å². The lowest BCUT2D eigenvalue weighted by Gasteiger charge is -2.18. The number of carbonyl (C=O) groups excluding carboxylic acids is 1. The first-order valence-corrected chi connectivity index (χ1v) is 7.68. The first kappa shape index (κ1) is 19.9. The molecule has 0 saturated carbocycles. The molecule has 2 atom stereocenters. The highest BCUT2D eigenvalue weighted by molar-refractivity contribution is 7.89. The van der Waals surface area contributed by atoms with Gasteiger partial charge in [0.25, 0.3) is 0 Å². The Morgan fingerprint density at radius 1 is 1.29 bits per heavy atom. The molecule has 0 aromatic heterocycles. The van der Waals surface area contributed by atoms with Crippen LogP contribution >= 0.6 is 12.4 Å². The molecule has 0 radical (unpaired) electrons. The van der Waals surface area contributed by atoms with E-state index in [9.17, 15) is 13.2 Å². The fraction of sp³-hybridized carbons (Fsp3) is 0.462. The third kappa shape index (κ3) is 4.96. The van der Waals surface area contributed by atoms with Crippen LogP contribution in [-0.4, -0.2) is 38.8 Å². The summed E-state index contributed by atoms with van der Waals surface area (Å²) in [5.74, 6) is -0.279. The second kappa shape index (κ2) is 7.74. The van der Waals surface area contributed by atoms with Crippen molar-refractivity contribution in [1.29, 1.82) is 0 Å². The monoisotopic (exact) mass is 335 g/mol. The number of hydrogen-bond acceptors (Lipinski definition) is 4. The molecule has 0 heterocycles. The van der Waals surface area contributed by atoms with Crippen LogP contribution in [0.25, 0.3) is 0 Å². The van der Waals surface area contributed by atoms with Crippen molar-refractivity contribution in [3.63, 3.8) is 0 Å². The minimum atomic E-state index is -3.48. The summed E-state index contributed by atoms with van der Waals surface area (Å²) < 4.78 is 25.3. The van der Waals surface area contributed by atoms with Gasteiger partial charge >= 0.3 is 0 Å². The van der Waals surface area contributed by atoms with Gasteiger partial charge in [0, 0.05) is 14.1 Å². The van der Waals surface area contributed by atoms with Crippen molar-refractivity contribution in [2.75, 3.05) is 14.1 Å². The zero-order chi connectivity index (χ0) is 15.5. The van der Waals surface area contributed by atoms with Gasteiger partial charge in [-0.1, -0.05) is 12.1 Å². The van der Waals surface area contributed by atoms with E-state index in [-0.39, 0.29) is 29.3 Å². The molecule has 1 aromatic rings. The lowest BCUT2D eigenvalue weighted by Crippen LogP contribution is -2.39. The van der Waals surface area contributed by atoms with E-state index in [0.29, 0.717) is 5.56 Å². The fourth-order valence-corrected chi connectivity index (χ4v) is 2.54. The van der Waals surface area contributed by atoms with Crippen LogP contribution in [0.1, 0.15) is 25.5 Å². The Hall–Kier alpha value is -1.15. The molecule has 0 saturated heterocycles. The smallest absolute Gasteiger partial charge is 0.242 e. The van der Waals surface area contributed by atoms with Gasteiger partial charge in [-0.2, -0.15) is 0 Å². The quantitative estimate of drug-likeness (QED) is 0.835. The Morgan fingerprint density at radius 3 is 2.33 bits per heavy atom. The predicted molar refractivity (Wildman–Crippen MR) is 84.8 cm³/mol. The molecule has 1 aromatic carbocycles. The van der Waals surface area contributed by atoms with Gasteiger partial charge in [0.15, 0.2) is 0 Å². The van der Waals surface area contributed by atoms with Crippen molar-refractivity contribution in [2.45, 2.75) is 30.8 Å². The molecule has 0 aliphatic carbocycles. The van der Waals surface area contributed by atoms with Crippen LogP contribution in [-0.2, 0) is 14.8 Å². The first-order chi connectivity index (χ1) is 9.16. The molecule has 0 bridgehead atoms. The summed E-state index contributed by atoms with van der Waals surface area (Å²) in [4.78, 5) is 11.8. The zero-order valence-electron chi connectivity index (χ0n) is 12.5. The topological polar surface area (TPSA) is 92.5 Å². The molecule has 0 aliphatic rings. The summed E-state index contributed by atoms with van der Waals surface area (Å²) in [5, 5.41) is 2.73. The van der Waals surface area contributed by atoms with E-state index in [1.165, 1.54) is 20.2 Å². The van der Waals surface area contributed by atoms with Gasteiger partial charge in [0.1, 0.15) is 0 Å². The number of halogens is 1. The number of rotatable bonds is 5. The number of sulfonamides is 1. The van der Waals surface area contributed by atoms with E-state index >= 15 is 0 Å². The van der Waals surface area contributed by atoms with Crippen molar-refractivity contribution in [3.8, 4) is 0 Å². The maximum Gasteiger partial charge on any atom is 0.242 e. The summed E-state index contributed by atoms with van der Waals surface area (Å²) in [5.41, 5.74) is 6.20. The molecule has 1 amide bonds. The normalized spacial score (nSPS) is 14.2. The molecule has 1 unspecified atom stereocenters. The molecule has 3 N–H and O–H groups in total. The molecule has 8 heteroatoms. The fourth-order valence-electron chi connectivity index (χ4n) is 1.58. The summed E-state index contributed by atoms with van der Waals surface area (Å²) in [6, 6.07) is 5.58. The highest BCUT2D eigenvalue weighted by Crippen LogP contribution is 2.19. The number of benzene rings is 1.